The van der Waals surface area contributed by atoms with Gasteiger partial charge in [-0.25, -0.2) is 0 Å². The van der Waals surface area contributed by atoms with Crippen LogP contribution in [0.25, 0.3) is 0 Å². The van der Waals surface area contributed by atoms with Gasteiger partial charge in [-0.2, -0.15) is 0 Å². The minimum absolute atomic E-state index is 0. The first-order valence-corrected chi connectivity index (χ1v) is 6.31. The summed E-state index contributed by atoms with van der Waals surface area (Å²) in [5.74, 6) is -0.0580. The Kier molecular flexibility index (Phi) is 11.1. The van der Waals surface area contributed by atoms with Crippen LogP contribution in [-0.4, -0.2) is 42.0 Å². The molecule has 1 aliphatic rings. The fraction of sp³-hybridized carbons (Fsp3) is 0.917. The second-order valence-corrected chi connectivity index (χ2v) is 4.95. The van der Waals surface area contributed by atoms with Crippen molar-refractivity contribution < 1.29 is 4.79 Å². The number of piperidine rings is 1. The average molecular weight is 300 g/mol. The molecular formula is C12H27Cl2N3O. The highest BCUT2D eigenvalue weighted by atomic mass is 35.5. The molecule has 1 aliphatic heterocycles. The minimum atomic E-state index is -0.406. The molecule has 0 radical (unpaired) electrons. The number of carbonyl (C=O) groups is 1. The molecule has 1 heterocycles. The smallest absolute Gasteiger partial charge is 0.236 e. The highest BCUT2D eigenvalue weighted by Crippen LogP contribution is 2.21. The van der Waals surface area contributed by atoms with Gasteiger partial charge >= 0.3 is 0 Å². The summed E-state index contributed by atoms with van der Waals surface area (Å²) in [6.45, 7) is 7.88. The lowest BCUT2D eigenvalue weighted by Crippen LogP contribution is -2.48. The summed E-state index contributed by atoms with van der Waals surface area (Å²) in [6.07, 6.45) is 3.86. The molecule has 6 heteroatoms. The second kappa shape index (κ2) is 9.84. The van der Waals surface area contributed by atoms with Crippen molar-refractivity contribution in [3.63, 3.8) is 0 Å². The van der Waals surface area contributed by atoms with Crippen LogP contribution in [-0.2, 0) is 4.79 Å². The number of amides is 1. The van der Waals surface area contributed by atoms with E-state index in [1.807, 2.05) is 0 Å². The van der Waals surface area contributed by atoms with Crippen LogP contribution in [0, 0.1) is 0 Å². The molecule has 1 amide bonds. The Morgan fingerprint density at radius 1 is 1.33 bits per heavy atom. The lowest BCUT2D eigenvalue weighted by molar-refractivity contribution is -0.122. The molecule has 0 aromatic rings. The van der Waals surface area contributed by atoms with E-state index in [9.17, 15) is 4.79 Å². The summed E-state index contributed by atoms with van der Waals surface area (Å²) in [5.41, 5.74) is 5.48. The van der Waals surface area contributed by atoms with E-state index in [2.05, 4.69) is 24.1 Å². The van der Waals surface area contributed by atoms with E-state index in [0.717, 1.165) is 6.54 Å². The SMILES string of the molecule is CC1CCCC(C)N1CCNC(=O)[C@@H](C)N.Cl.Cl. The Morgan fingerprint density at radius 3 is 2.28 bits per heavy atom. The van der Waals surface area contributed by atoms with Crippen LogP contribution in [0.15, 0.2) is 0 Å². The van der Waals surface area contributed by atoms with Crippen molar-refractivity contribution in [3.05, 3.63) is 0 Å². The number of nitrogens with zero attached hydrogens (tertiary/aromatic N) is 1. The first-order chi connectivity index (χ1) is 7.52. The van der Waals surface area contributed by atoms with Crippen LogP contribution >= 0.6 is 24.8 Å². The third kappa shape index (κ3) is 6.23. The largest absolute Gasteiger partial charge is 0.353 e. The van der Waals surface area contributed by atoms with E-state index < -0.39 is 6.04 Å². The number of carbonyl (C=O) groups excluding carboxylic acids is 1. The predicted octanol–water partition coefficient (Wildman–Crippen LogP) is 1.56. The van der Waals surface area contributed by atoms with Crippen molar-refractivity contribution in [3.8, 4) is 0 Å². The highest BCUT2D eigenvalue weighted by Gasteiger charge is 2.23. The van der Waals surface area contributed by atoms with Crippen molar-refractivity contribution in [2.75, 3.05) is 13.1 Å². The zero-order chi connectivity index (χ0) is 12.1. The van der Waals surface area contributed by atoms with Crippen LogP contribution in [0.2, 0.25) is 0 Å². The van der Waals surface area contributed by atoms with Crippen LogP contribution in [0.4, 0.5) is 0 Å². The Balaban J connectivity index is 0. The normalized spacial score (nSPS) is 25.6. The molecule has 0 saturated carbocycles. The van der Waals surface area contributed by atoms with Crippen molar-refractivity contribution in [1.82, 2.24) is 10.2 Å². The molecule has 0 aliphatic carbocycles. The van der Waals surface area contributed by atoms with Crippen molar-refractivity contribution in [2.24, 2.45) is 5.73 Å². The van der Waals surface area contributed by atoms with Gasteiger partial charge in [0.25, 0.3) is 0 Å². The van der Waals surface area contributed by atoms with E-state index in [-0.39, 0.29) is 30.7 Å². The monoisotopic (exact) mass is 299 g/mol. The molecule has 18 heavy (non-hydrogen) atoms. The number of nitrogens with one attached hydrogen (secondary N) is 1. The molecular weight excluding hydrogens is 273 g/mol. The zero-order valence-electron chi connectivity index (χ0n) is 11.5. The van der Waals surface area contributed by atoms with Gasteiger partial charge in [0, 0.05) is 25.2 Å². The molecule has 0 aromatic carbocycles. The van der Waals surface area contributed by atoms with Crippen molar-refractivity contribution in [1.29, 1.82) is 0 Å². The van der Waals surface area contributed by atoms with Crippen LogP contribution in [0.3, 0.4) is 0 Å². The standard InChI is InChI=1S/C12H25N3O.2ClH/c1-9-5-4-6-10(2)15(9)8-7-14-12(16)11(3)13;;/h9-11H,4-8,13H2,1-3H3,(H,14,16);2*1H/t9?,10?,11-;;/m1../s1. The van der Waals surface area contributed by atoms with Crippen molar-refractivity contribution >= 4 is 30.7 Å². The Morgan fingerprint density at radius 2 is 1.83 bits per heavy atom. The van der Waals surface area contributed by atoms with Gasteiger partial charge in [0.1, 0.15) is 0 Å². The quantitative estimate of drug-likeness (QED) is 0.828. The maximum Gasteiger partial charge on any atom is 0.236 e. The van der Waals surface area contributed by atoms with Gasteiger partial charge < -0.3 is 11.1 Å². The molecule has 3 atom stereocenters. The van der Waals surface area contributed by atoms with Crippen LogP contribution in [0.1, 0.15) is 40.0 Å². The molecule has 0 bridgehead atoms. The average Bonchev–Trinajstić information content (AvgIpc) is 2.22. The van der Waals surface area contributed by atoms with E-state index >= 15 is 0 Å². The number of hydrogen-bond donors (Lipinski definition) is 2. The summed E-state index contributed by atoms with van der Waals surface area (Å²) in [5, 5.41) is 2.86. The van der Waals surface area contributed by atoms with Gasteiger partial charge in [-0.05, 0) is 33.6 Å². The molecule has 0 aromatic heterocycles. The number of nitrogens with two attached hydrogens (primary N) is 1. The third-order valence-electron chi connectivity index (χ3n) is 3.46. The Hall–Kier alpha value is -0.0300. The molecule has 4 nitrogen and oxygen atoms in total. The summed E-state index contributed by atoms with van der Waals surface area (Å²) in [7, 11) is 0. The van der Waals surface area contributed by atoms with Gasteiger partial charge in [0.2, 0.25) is 5.91 Å². The molecule has 0 spiro atoms. The third-order valence-corrected chi connectivity index (χ3v) is 3.46. The van der Waals surface area contributed by atoms with Gasteiger partial charge in [-0.15, -0.1) is 24.8 Å². The molecule has 1 saturated heterocycles. The minimum Gasteiger partial charge on any atom is -0.353 e. The summed E-state index contributed by atoms with van der Waals surface area (Å²) in [6, 6.07) is 0.864. The number of likely N-dealkylation sites (tertiary alicyclic amines) is 1. The van der Waals surface area contributed by atoms with E-state index in [1.54, 1.807) is 6.92 Å². The maximum absolute atomic E-state index is 11.3. The first-order valence-electron chi connectivity index (χ1n) is 6.31. The lowest BCUT2D eigenvalue weighted by atomic mass is 9.98. The maximum atomic E-state index is 11.3. The van der Waals surface area contributed by atoms with Gasteiger partial charge in [-0.1, -0.05) is 6.42 Å². The van der Waals surface area contributed by atoms with E-state index in [4.69, 9.17) is 5.73 Å². The summed E-state index contributed by atoms with van der Waals surface area (Å²) < 4.78 is 0. The summed E-state index contributed by atoms with van der Waals surface area (Å²) in [4.78, 5) is 13.8. The molecule has 1 fully saturated rings. The predicted molar refractivity (Wildman–Crippen MR) is 80.6 cm³/mol. The Bertz CT molecular complexity index is 229. The van der Waals surface area contributed by atoms with Crippen molar-refractivity contribution in [2.45, 2.75) is 58.2 Å². The second-order valence-electron chi connectivity index (χ2n) is 4.95. The van der Waals surface area contributed by atoms with E-state index in [1.165, 1.54) is 19.3 Å². The fourth-order valence-electron chi connectivity index (χ4n) is 2.38. The molecule has 3 N–H and O–H groups in total. The summed E-state index contributed by atoms with van der Waals surface area (Å²) >= 11 is 0. The van der Waals surface area contributed by atoms with E-state index in [0.29, 0.717) is 18.6 Å². The molecule has 1 rings (SSSR count). The number of hydrogen-bond acceptors (Lipinski definition) is 3. The van der Waals surface area contributed by atoms with Gasteiger partial charge in [0.15, 0.2) is 0 Å². The zero-order valence-corrected chi connectivity index (χ0v) is 13.1. The topological polar surface area (TPSA) is 58.4 Å². The lowest BCUT2D eigenvalue weighted by Gasteiger charge is -2.39. The van der Waals surface area contributed by atoms with Gasteiger partial charge in [-0.3, -0.25) is 9.69 Å². The van der Waals surface area contributed by atoms with Crippen LogP contribution < -0.4 is 11.1 Å². The number of halogens is 2. The molecule has 110 valence electrons. The van der Waals surface area contributed by atoms with Crippen LogP contribution in [0.5, 0.6) is 0 Å². The first kappa shape index (κ1) is 20.3. The number of rotatable bonds is 4. The van der Waals surface area contributed by atoms with Gasteiger partial charge in [0.05, 0.1) is 6.04 Å². The fourth-order valence-corrected chi connectivity index (χ4v) is 2.38. The molecule has 2 unspecified atom stereocenters. The highest BCUT2D eigenvalue weighted by molar-refractivity contribution is 5.85. The Labute approximate surface area is 123 Å².